The maximum absolute atomic E-state index is 12.6. The summed E-state index contributed by atoms with van der Waals surface area (Å²) in [4.78, 5) is 19.0. The molecule has 0 aromatic heterocycles. The summed E-state index contributed by atoms with van der Waals surface area (Å²) in [7, 11) is 3.83. The lowest BCUT2D eigenvalue weighted by atomic mass is 9.96. The topological polar surface area (TPSA) is 48.1 Å². The Labute approximate surface area is 310 Å². The zero-order chi connectivity index (χ0) is 35.3. The van der Waals surface area contributed by atoms with Crippen molar-refractivity contribution in [3.05, 3.63) is 127 Å². The molecule has 1 amide bonds. The van der Waals surface area contributed by atoms with Gasteiger partial charge in [0.15, 0.2) is 0 Å². The first-order valence-corrected chi connectivity index (χ1v) is 18.0. The molecule has 4 aromatic rings. The summed E-state index contributed by atoms with van der Waals surface area (Å²) in [5.74, 6) is 0. The number of nitrogens with zero attached hydrogens (tertiary/aromatic N) is 3. The van der Waals surface area contributed by atoms with Gasteiger partial charge in [-0.15, -0.1) is 0 Å². The number of likely N-dealkylation sites (N-methyl/N-ethyl adjacent to an activating group) is 2. The van der Waals surface area contributed by atoms with Crippen molar-refractivity contribution in [1.82, 2.24) is 10.2 Å². The Hall–Kier alpha value is -3.13. The molecular formula is C39H44Cl4N4O2. The van der Waals surface area contributed by atoms with Crippen LogP contribution in [0.2, 0.25) is 20.1 Å². The molecule has 0 aliphatic carbocycles. The first-order chi connectivity index (χ1) is 23.3. The highest BCUT2D eigenvalue weighted by atomic mass is 35.5. The molecular weight excluding hydrogens is 698 g/mol. The summed E-state index contributed by atoms with van der Waals surface area (Å²) in [5.41, 5.74) is 6.84. The van der Waals surface area contributed by atoms with Crippen LogP contribution < -0.4 is 15.1 Å². The molecule has 0 saturated carbocycles. The second kappa shape index (κ2) is 16.3. The smallest absolute Gasteiger partial charge is 0.410 e. The lowest BCUT2D eigenvalue weighted by Gasteiger charge is -2.40. The van der Waals surface area contributed by atoms with Crippen LogP contribution in [0.5, 0.6) is 0 Å². The molecule has 6 rings (SSSR count). The summed E-state index contributed by atoms with van der Waals surface area (Å²) in [6.45, 7) is 8.88. The van der Waals surface area contributed by atoms with Crippen molar-refractivity contribution in [2.45, 2.75) is 64.4 Å². The summed E-state index contributed by atoms with van der Waals surface area (Å²) < 4.78 is 5.56. The van der Waals surface area contributed by atoms with Crippen LogP contribution in [-0.4, -0.2) is 55.9 Å². The minimum atomic E-state index is -0.516. The number of para-hydroxylation sites is 2. The van der Waals surface area contributed by atoms with Crippen LogP contribution in [-0.2, 0) is 30.7 Å². The molecule has 6 nitrogen and oxygen atoms in total. The van der Waals surface area contributed by atoms with E-state index in [0.717, 1.165) is 31.5 Å². The standard InChI is InChI=1S/C22H26Cl2N2O2.C17H18Cl2N2/c1-22(2,3)28-21(27)25(4)17-12-16-7-5-6-8-20(16)26(14-17)13-15-9-10-18(23)19(24)11-15;1-20-14-9-13-4-2-3-5-17(13)21(11-14)10-12-6-7-15(18)16(19)8-12/h5-11,17H,12-14H2,1-4H3;2-8,14,20H,9-11H2,1H3. The van der Waals surface area contributed by atoms with E-state index in [0.29, 0.717) is 39.2 Å². The Balaban J connectivity index is 0.000000199. The number of rotatable bonds is 6. The number of anilines is 2. The molecule has 0 bridgehead atoms. The van der Waals surface area contributed by atoms with Gasteiger partial charge in [0.2, 0.25) is 0 Å². The Morgan fingerprint density at radius 2 is 1.24 bits per heavy atom. The van der Waals surface area contributed by atoms with E-state index in [1.165, 1.54) is 28.1 Å². The van der Waals surface area contributed by atoms with Gasteiger partial charge in [0.1, 0.15) is 5.60 Å². The fourth-order valence-electron chi connectivity index (χ4n) is 6.30. The largest absolute Gasteiger partial charge is 0.444 e. The van der Waals surface area contributed by atoms with Gasteiger partial charge in [-0.25, -0.2) is 4.79 Å². The minimum Gasteiger partial charge on any atom is -0.444 e. The Bertz CT molecular complexity index is 1760. The molecule has 2 unspecified atom stereocenters. The minimum absolute atomic E-state index is 0.0209. The lowest BCUT2D eigenvalue weighted by Crippen LogP contribution is -2.50. The monoisotopic (exact) mass is 740 g/mol. The predicted octanol–water partition coefficient (Wildman–Crippen LogP) is 9.94. The molecule has 1 N–H and O–H groups in total. The van der Waals surface area contributed by atoms with Crippen molar-refractivity contribution in [3.8, 4) is 0 Å². The molecule has 10 heteroatoms. The summed E-state index contributed by atoms with van der Waals surface area (Å²) in [6, 6.07) is 29.0. The average Bonchev–Trinajstić information content (AvgIpc) is 3.07. The van der Waals surface area contributed by atoms with Gasteiger partial charge in [-0.3, -0.25) is 0 Å². The second-order valence-electron chi connectivity index (χ2n) is 13.7. The van der Waals surface area contributed by atoms with Gasteiger partial charge in [-0.05, 0) is 99.3 Å². The molecule has 2 atom stereocenters. The fraction of sp³-hybridized carbons (Fsp3) is 0.359. The number of benzene rings is 4. The van der Waals surface area contributed by atoms with Gasteiger partial charge in [0.25, 0.3) is 0 Å². The highest BCUT2D eigenvalue weighted by molar-refractivity contribution is 6.42. The summed E-state index contributed by atoms with van der Waals surface area (Å²) in [5, 5.41) is 5.71. The van der Waals surface area contributed by atoms with Crippen LogP contribution >= 0.6 is 46.4 Å². The van der Waals surface area contributed by atoms with Crippen molar-refractivity contribution in [2.24, 2.45) is 0 Å². The summed E-state index contributed by atoms with van der Waals surface area (Å²) in [6.07, 6.45) is 1.57. The van der Waals surface area contributed by atoms with Crippen molar-refractivity contribution in [2.75, 3.05) is 37.0 Å². The van der Waals surface area contributed by atoms with Crippen molar-refractivity contribution in [3.63, 3.8) is 0 Å². The number of ether oxygens (including phenoxy) is 1. The Kier molecular flexibility index (Phi) is 12.3. The van der Waals surface area contributed by atoms with Gasteiger partial charge in [0.05, 0.1) is 26.1 Å². The zero-order valence-electron chi connectivity index (χ0n) is 28.7. The number of halogens is 4. The maximum atomic E-state index is 12.6. The van der Waals surface area contributed by atoms with E-state index in [4.69, 9.17) is 51.1 Å². The predicted molar refractivity (Wildman–Crippen MR) is 206 cm³/mol. The highest BCUT2D eigenvalue weighted by Gasteiger charge is 2.31. The molecule has 49 heavy (non-hydrogen) atoms. The Morgan fingerprint density at radius 3 is 1.73 bits per heavy atom. The SMILES string of the molecule is CN(C(=O)OC(C)(C)C)C1Cc2ccccc2N(Cc2ccc(Cl)c(Cl)c2)C1.CNC1Cc2ccccc2N(Cc2ccc(Cl)c(Cl)c2)C1. The van der Waals surface area contributed by atoms with Crippen LogP contribution in [0.15, 0.2) is 84.9 Å². The molecule has 2 aliphatic heterocycles. The number of carbonyl (C=O) groups excluding carboxylic acids is 1. The van der Waals surface area contributed by atoms with Gasteiger partial charge < -0.3 is 24.8 Å². The molecule has 260 valence electrons. The van der Waals surface area contributed by atoms with E-state index >= 15 is 0 Å². The highest BCUT2D eigenvalue weighted by Crippen LogP contribution is 2.32. The Morgan fingerprint density at radius 1 is 0.755 bits per heavy atom. The van der Waals surface area contributed by atoms with E-state index in [-0.39, 0.29) is 12.1 Å². The van der Waals surface area contributed by atoms with Gasteiger partial charge in [-0.1, -0.05) is 94.9 Å². The molecule has 0 radical (unpaired) electrons. The van der Waals surface area contributed by atoms with Crippen LogP contribution in [0.3, 0.4) is 0 Å². The van der Waals surface area contributed by atoms with E-state index in [1.807, 2.05) is 83.4 Å². The third-order valence-electron chi connectivity index (χ3n) is 8.81. The van der Waals surface area contributed by atoms with Crippen molar-refractivity contribution >= 4 is 63.9 Å². The molecule has 0 saturated heterocycles. The average molecular weight is 743 g/mol. The quantitative estimate of drug-likeness (QED) is 0.213. The van der Waals surface area contributed by atoms with Crippen molar-refractivity contribution < 1.29 is 9.53 Å². The second-order valence-corrected chi connectivity index (χ2v) is 15.3. The zero-order valence-corrected chi connectivity index (χ0v) is 31.7. The van der Waals surface area contributed by atoms with Crippen LogP contribution in [0.1, 0.15) is 43.0 Å². The number of amides is 1. The number of carbonyl (C=O) groups is 1. The molecule has 0 fully saturated rings. The maximum Gasteiger partial charge on any atom is 0.410 e. The van der Waals surface area contributed by atoms with Crippen LogP contribution in [0.4, 0.5) is 16.2 Å². The van der Waals surface area contributed by atoms with Gasteiger partial charge >= 0.3 is 6.09 Å². The number of nitrogens with one attached hydrogen (secondary N) is 1. The first-order valence-electron chi connectivity index (χ1n) is 16.5. The summed E-state index contributed by atoms with van der Waals surface area (Å²) >= 11 is 24.4. The van der Waals surface area contributed by atoms with E-state index in [1.54, 1.807) is 4.90 Å². The van der Waals surface area contributed by atoms with E-state index in [9.17, 15) is 4.79 Å². The third kappa shape index (κ3) is 9.77. The third-order valence-corrected chi connectivity index (χ3v) is 10.3. The number of fused-ring (bicyclic) bond motifs is 2. The van der Waals surface area contributed by atoms with E-state index < -0.39 is 5.60 Å². The van der Waals surface area contributed by atoms with Gasteiger partial charge in [-0.2, -0.15) is 0 Å². The van der Waals surface area contributed by atoms with Gasteiger partial charge in [0, 0.05) is 50.6 Å². The fourth-order valence-corrected chi connectivity index (χ4v) is 6.94. The van der Waals surface area contributed by atoms with Crippen molar-refractivity contribution in [1.29, 1.82) is 0 Å². The molecule has 2 heterocycles. The normalized spacial score (nSPS) is 17.0. The van der Waals surface area contributed by atoms with Crippen LogP contribution in [0, 0.1) is 0 Å². The number of hydrogen-bond acceptors (Lipinski definition) is 5. The first kappa shape index (κ1) is 37.1. The molecule has 0 spiro atoms. The lowest BCUT2D eigenvalue weighted by molar-refractivity contribution is 0.0223. The van der Waals surface area contributed by atoms with Crippen LogP contribution in [0.25, 0.3) is 0 Å². The molecule has 2 aliphatic rings. The number of hydrogen-bond donors (Lipinski definition) is 1. The van der Waals surface area contributed by atoms with E-state index in [2.05, 4.69) is 51.5 Å². The molecule has 4 aromatic carbocycles.